The summed E-state index contributed by atoms with van der Waals surface area (Å²) in [6.07, 6.45) is 2.86. The first kappa shape index (κ1) is 14.6. The summed E-state index contributed by atoms with van der Waals surface area (Å²) in [5.41, 5.74) is 0.965. The molecule has 1 aromatic carbocycles. The van der Waals surface area contributed by atoms with Gasteiger partial charge in [-0.3, -0.25) is 0 Å². The van der Waals surface area contributed by atoms with Gasteiger partial charge >= 0.3 is 5.97 Å². The highest BCUT2D eigenvalue weighted by molar-refractivity contribution is 6.37. The average Bonchev–Trinajstić information content (AvgIpc) is 2.37. The van der Waals surface area contributed by atoms with Gasteiger partial charge in [0.1, 0.15) is 5.57 Å². The van der Waals surface area contributed by atoms with Crippen LogP contribution in [0.15, 0.2) is 41.1 Å². The minimum atomic E-state index is -0.563. The number of ether oxygens (including phenoxy) is 2. The van der Waals surface area contributed by atoms with Crippen molar-refractivity contribution >= 4 is 35.2 Å². The number of esters is 1. The third kappa shape index (κ3) is 4.09. The molecule has 0 fully saturated rings. The smallest absolute Gasteiger partial charge is 0.342 e. The molecule has 0 aliphatic heterocycles. The largest absolute Gasteiger partial charge is 0.503 e. The van der Waals surface area contributed by atoms with Gasteiger partial charge in [0, 0.05) is 5.02 Å². The zero-order valence-corrected chi connectivity index (χ0v) is 11.5. The quantitative estimate of drug-likeness (QED) is 0.367. The van der Waals surface area contributed by atoms with Gasteiger partial charge in [-0.15, -0.1) is 0 Å². The Kier molecular flexibility index (Phi) is 5.75. The monoisotopic (exact) mass is 286 g/mol. The van der Waals surface area contributed by atoms with E-state index in [2.05, 4.69) is 4.74 Å². The van der Waals surface area contributed by atoms with Crippen LogP contribution in [0.5, 0.6) is 0 Å². The van der Waals surface area contributed by atoms with Crippen LogP contribution in [0.4, 0.5) is 0 Å². The van der Waals surface area contributed by atoms with Crippen molar-refractivity contribution in [1.82, 2.24) is 0 Å². The summed E-state index contributed by atoms with van der Waals surface area (Å²) < 4.78 is 9.40. The fraction of sp³-hybridized carbons (Fsp3) is 0.154. The van der Waals surface area contributed by atoms with Crippen LogP contribution in [0.25, 0.3) is 6.08 Å². The lowest BCUT2D eigenvalue weighted by Gasteiger charge is -2.04. The third-order valence-corrected chi connectivity index (χ3v) is 2.63. The first-order valence-electron chi connectivity index (χ1n) is 5.03. The topological polar surface area (TPSA) is 35.5 Å². The van der Waals surface area contributed by atoms with Crippen molar-refractivity contribution in [3.05, 3.63) is 51.7 Å². The van der Waals surface area contributed by atoms with E-state index in [0.717, 1.165) is 5.56 Å². The van der Waals surface area contributed by atoms with Gasteiger partial charge in [-0.2, -0.15) is 0 Å². The number of methoxy groups -OCH3 is 2. The molecule has 0 unspecified atom stereocenters. The molecule has 96 valence electrons. The van der Waals surface area contributed by atoms with Gasteiger partial charge in [0.2, 0.25) is 0 Å². The fourth-order valence-corrected chi connectivity index (χ4v) is 1.59. The fourth-order valence-electron chi connectivity index (χ4n) is 1.21. The molecule has 0 saturated carbocycles. The number of halogens is 2. The molecule has 0 radical (unpaired) electrons. The normalized spacial score (nSPS) is 12.2. The Labute approximate surface area is 116 Å². The van der Waals surface area contributed by atoms with Crippen LogP contribution >= 0.6 is 23.2 Å². The molecule has 3 nitrogen and oxygen atoms in total. The molecule has 0 aliphatic carbocycles. The van der Waals surface area contributed by atoms with Crippen molar-refractivity contribution in [3.63, 3.8) is 0 Å². The molecular formula is C13H12Cl2O3. The summed E-state index contributed by atoms with van der Waals surface area (Å²) in [6.45, 7) is 0. The molecule has 0 amide bonds. The lowest BCUT2D eigenvalue weighted by molar-refractivity contribution is -0.135. The second-order valence-corrected chi connectivity index (χ2v) is 4.15. The molecule has 18 heavy (non-hydrogen) atoms. The maximum absolute atomic E-state index is 11.5. The van der Waals surface area contributed by atoms with E-state index in [1.807, 2.05) is 0 Å². The molecule has 0 aromatic heterocycles. The van der Waals surface area contributed by atoms with Crippen molar-refractivity contribution in [1.29, 1.82) is 0 Å². The molecule has 5 heteroatoms. The standard InChI is InChI=1S/C13H12Cl2O3/c1-17-8-11(13(16)18-2)12(15)7-9-3-5-10(14)6-4-9/h3-8H,1-2H3. The van der Waals surface area contributed by atoms with Crippen molar-refractivity contribution in [2.75, 3.05) is 14.2 Å². The number of carbonyl (C=O) groups excluding carboxylic acids is 1. The second-order valence-electron chi connectivity index (χ2n) is 3.30. The summed E-state index contributed by atoms with van der Waals surface area (Å²) in [5.74, 6) is -0.563. The number of hydrogen-bond donors (Lipinski definition) is 0. The second kappa shape index (κ2) is 7.09. The van der Waals surface area contributed by atoms with Crippen LogP contribution in [-0.4, -0.2) is 20.2 Å². The Morgan fingerprint density at radius 1 is 1.22 bits per heavy atom. The zero-order chi connectivity index (χ0) is 13.5. The molecule has 0 N–H and O–H groups in total. The maximum atomic E-state index is 11.5. The summed E-state index contributed by atoms with van der Waals surface area (Å²) in [5, 5.41) is 0.856. The van der Waals surface area contributed by atoms with Gasteiger partial charge in [-0.25, -0.2) is 4.79 Å². The van der Waals surface area contributed by atoms with Crippen molar-refractivity contribution in [3.8, 4) is 0 Å². The summed E-state index contributed by atoms with van der Waals surface area (Å²) >= 11 is 11.8. The Hall–Kier alpha value is -1.45. The highest BCUT2D eigenvalue weighted by atomic mass is 35.5. The maximum Gasteiger partial charge on any atom is 0.342 e. The van der Waals surface area contributed by atoms with Crippen LogP contribution in [0, 0.1) is 0 Å². The van der Waals surface area contributed by atoms with Gasteiger partial charge < -0.3 is 9.47 Å². The molecular weight excluding hydrogens is 275 g/mol. The lowest BCUT2D eigenvalue weighted by Crippen LogP contribution is -2.05. The molecule has 0 bridgehead atoms. The number of rotatable bonds is 4. The predicted molar refractivity (Wildman–Crippen MR) is 72.4 cm³/mol. The average molecular weight is 287 g/mol. The van der Waals surface area contributed by atoms with E-state index in [4.69, 9.17) is 27.9 Å². The van der Waals surface area contributed by atoms with Crippen molar-refractivity contribution < 1.29 is 14.3 Å². The number of hydrogen-bond acceptors (Lipinski definition) is 3. The Morgan fingerprint density at radius 3 is 2.33 bits per heavy atom. The van der Waals surface area contributed by atoms with Gasteiger partial charge in [0.25, 0.3) is 0 Å². The first-order chi connectivity index (χ1) is 8.58. The summed E-state index contributed by atoms with van der Waals surface area (Å²) in [4.78, 5) is 11.5. The van der Waals surface area contributed by atoms with Gasteiger partial charge in [0.05, 0.1) is 25.5 Å². The number of benzene rings is 1. The SMILES string of the molecule is COC=C(C(=O)OC)C(Cl)=Cc1ccc(Cl)cc1. The predicted octanol–water partition coefficient (Wildman–Crippen LogP) is 3.62. The minimum absolute atomic E-state index is 0.150. The van der Waals surface area contributed by atoms with Crippen LogP contribution in [-0.2, 0) is 14.3 Å². The lowest BCUT2D eigenvalue weighted by atomic mass is 10.1. The van der Waals surface area contributed by atoms with Crippen LogP contribution < -0.4 is 0 Å². The minimum Gasteiger partial charge on any atom is -0.503 e. The molecule has 0 saturated heterocycles. The third-order valence-electron chi connectivity index (χ3n) is 2.06. The molecule has 0 heterocycles. The van der Waals surface area contributed by atoms with E-state index in [1.165, 1.54) is 20.5 Å². The molecule has 0 spiro atoms. The van der Waals surface area contributed by atoms with E-state index in [9.17, 15) is 4.79 Å². The van der Waals surface area contributed by atoms with Crippen LogP contribution in [0.3, 0.4) is 0 Å². The first-order valence-corrected chi connectivity index (χ1v) is 5.78. The van der Waals surface area contributed by atoms with Crippen LogP contribution in [0.2, 0.25) is 5.02 Å². The van der Waals surface area contributed by atoms with Gasteiger partial charge in [-0.1, -0.05) is 35.3 Å². The Bertz CT molecular complexity index is 476. The summed E-state index contributed by atoms with van der Waals surface area (Å²) in [6, 6.07) is 7.03. The Morgan fingerprint density at radius 2 is 1.83 bits per heavy atom. The van der Waals surface area contributed by atoms with Crippen LogP contribution in [0.1, 0.15) is 5.56 Å². The van der Waals surface area contributed by atoms with E-state index in [-0.39, 0.29) is 10.6 Å². The summed E-state index contributed by atoms with van der Waals surface area (Å²) in [7, 11) is 2.70. The zero-order valence-electron chi connectivity index (χ0n) is 9.94. The van der Waals surface area contributed by atoms with Crippen molar-refractivity contribution in [2.24, 2.45) is 0 Å². The van der Waals surface area contributed by atoms with Crippen molar-refractivity contribution in [2.45, 2.75) is 0 Å². The van der Waals surface area contributed by atoms with E-state index < -0.39 is 5.97 Å². The highest BCUT2D eigenvalue weighted by Crippen LogP contribution is 2.21. The van der Waals surface area contributed by atoms with Gasteiger partial charge in [0.15, 0.2) is 0 Å². The number of carbonyl (C=O) groups is 1. The molecule has 0 atom stereocenters. The Balaban J connectivity index is 3.02. The van der Waals surface area contributed by atoms with E-state index >= 15 is 0 Å². The van der Waals surface area contributed by atoms with E-state index in [0.29, 0.717) is 5.02 Å². The molecule has 0 aliphatic rings. The molecule has 1 rings (SSSR count). The molecule has 1 aromatic rings. The van der Waals surface area contributed by atoms with Gasteiger partial charge in [-0.05, 0) is 23.8 Å². The highest BCUT2D eigenvalue weighted by Gasteiger charge is 2.14. The van der Waals surface area contributed by atoms with E-state index in [1.54, 1.807) is 30.3 Å².